The summed E-state index contributed by atoms with van der Waals surface area (Å²) in [5.74, 6) is 0.345. The van der Waals surface area contributed by atoms with Gasteiger partial charge in [0.15, 0.2) is 0 Å². The number of amides is 1. The van der Waals surface area contributed by atoms with Crippen molar-refractivity contribution in [2.45, 2.75) is 33.7 Å². The van der Waals surface area contributed by atoms with E-state index >= 15 is 0 Å². The third-order valence-corrected chi connectivity index (χ3v) is 3.17. The molecule has 6 nitrogen and oxygen atoms in total. The van der Waals surface area contributed by atoms with Gasteiger partial charge in [0.05, 0.1) is 11.7 Å². The number of hydrogen-bond acceptors (Lipinski definition) is 4. The third-order valence-electron chi connectivity index (χ3n) is 3.17. The molecular weight excluding hydrogens is 280 g/mol. The van der Waals surface area contributed by atoms with Crippen LogP contribution in [0.15, 0.2) is 35.4 Å². The number of pyridine rings is 1. The Morgan fingerprint density at radius 2 is 2.09 bits per heavy atom. The second-order valence-electron chi connectivity index (χ2n) is 6.21. The lowest BCUT2D eigenvalue weighted by Crippen LogP contribution is -2.37. The molecule has 1 atom stereocenters. The number of aromatic nitrogens is 3. The first kappa shape index (κ1) is 15.9. The normalized spacial score (nSPS) is 12.7. The van der Waals surface area contributed by atoms with Crippen molar-refractivity contribution >= 4 is 5.91 Å². The molecule has 0 fully saturated rings. The van der Waals surface area contributed by atoms with E-state index < -0.39 is 5.41 Å². The topological polar surface area (TPSA) is 87.7 Å². The molecule has 0 spiro atoms. The summed E-state index contributed by atoms with van der Waals surface area (Å²) in [6.07, 6.45) is 3.28. The monoisotopic (exact) mass is 300 g/mol. The molecular formula is C16H20N4O2. The van der Waals surface area contributed by atoms with Crippen molar-refractivity contribution in [1.29, 1.82) is 0 Å². The predicted molar refractivity (Wildman–Crippen MR) is 84.1 cm³/mol. The van der Waals surface area contributed by atoms with Crippen LogP contribution in [-0.4, -0.2) is 20.9 Å². The Kier molecular flexibility index (Phi) is 4.40. The summed E-state index contributed by atoms with van der Waals surface area (Å²) in [6.45, 7) is 7.31. The van der Waals surface area contributed by atoms with E-state index in [1.807, 2.05) is 26.8 Å². The summed E-state index contributed by atoms with van der Waals surface area (Å²) >= 11 is 0. The highest BCUT2D eigenvalue weighted by Gasteiger charge is 2.23. The third kappa shape index (κ3) is 3.78. The Morgan fingerprint density at radius 1 is 1.36 bits per heavy atom. The predicted octanol–water partition coefficient (Wildman–Crippen LogP) is 2.06. The highest BCUT2D eigenvalue weighted by atomic mass is 16.2. The van der Waals surface area contributed by atoms with E-state index in [1.54, 1.807) is 25.4 Å². The van der Waals surface area contributed by atoms with Gasteiger partial charge in [-0.15, -0.1) is 0 Å². The standard InChI is InChI=1S/C16H20N4O2/c1-10(18-15(22)16(2,3)4)12-8-13(21)20-14(19-12)11-6-5-7-17-9-11/h5-10H,1-4H3,(H,18,22)(H,19,20,21)/t10-/m1/s1. The highest BCUT2D eigenvalue weighted by Crippen LogP contribution is 2.18. The first-order chi connectivity index (χ1) is 10.3. The Hall–Kier alpha value is -2.50. The van der Waals surface area contributed by atoms with Crippen LogP contribution in [0.3, 0.4) is 0 Å². The van der Waals surface area contributed by atoms with Gasteiger partial charge in [-0.1, -0.05) is 20.8 Å². The van der Waals surface area contributed by atoms with Crippen molar-refractivity contribution in [3.8, 4) is 11.4 Å². The van der Waals surface area contributed by atoms with Crippen molar-refractivity contribution in [3.05, 3.63) is 46.6 Å². The number of H-pyrrole nitrogens is 1. The van der Waals surface area contributed by atoms with E-state index in [0.29, 0.717) is 11.5 Å². The van der Waals surface area contributed by atoms with Gasteiger partial charge < -0.3 is 10.3 Å². The van der Waals surface area contributed by atoms with Crippen LogP contribution in [-0.2, 0) is 4.79 Å². The molecule has 2 N–H and O–H groups in total. The average Bonchev–Trinajstić information content (AvgIpc) is 2.46. The molecule has 1 amide bonds. The molecule has 0 unspecified atom stereocenters. The van der Waals surface area contributed by atoms with Crippen molar-refractivity contribution < 1.29 is 4.79 Å². The summed E-state index contributed by atoms with van der Waals surface area (Å²) < 4.78 is 0. The first-order valence-electron chi connectivity index (χ1n) is 7.10. The molecule has 0 bridgehead atoms. The van der Waals surface area contributed by atoms with Crippen molar-refractivity contribution in [1.82, 2.24) is 20.3 Å². The van der Waals surface area contributed by atoms with Crippen LogP contribution in [0.1, 0.15) is 39.4 Å². The summed E-state index contributed by atoms with van der Waals surface area (Å²) in [7, 11) is 0. The molecule has 0 aromatic carbocycles. The lowest BCUT2D eigenvalue weighted by Gasteiger charge is -2.21. The average molecular weight is 300 g/mol. The maximum Gasteiger partial charge on any atom is 0.251 e. The first-order valence-corrected chi connectivity index (χ1v) is 7.10. The molecule has 0 saturated heterocycles. The zero-order valence-corrected chi connectivity index (χ0v) is 13.2. The molecule has 2 rings (SSSR count). The largest absolute Gasteiger partial charge is 0.348 e. The maximum absolute atomic E-state index is 12.1. The van der Waals surface area contributed by atoms with Gasteiger partial charge in [-0.2, -0.15) is 0 Å². The van der Waals surface area contributed by atoms with Gasteiger partial charge in [0, 0.05) is 29.4 Å². The number of rotatable bonds is 3. The van der Waals surface area contributed by atoms with Crippen LogP contribution in [0.2, 0.25) is 0 Å². The van der Waals surface area contributed by atoms with Gasteiger partial charge in [0.25, 0.3) is 5.56 Å². The molecule has 22 heavy (non-hydrogen) atoms. The summed E-state index contributed by atoms with van der Waals surface area (Å²) in [4.78, 5) is 35.0. The number of nitrogens with zero attached hydrogens (tertiary/aromatic N) is 2. The number of carbonyl (C=O) groups excluding carboxylic acids is 1. The van der Waals surface area contributed by atoms with Crippen LogP contribution in [0.25, 0.3) is 11.4 Å². The Morgan fingerprint density at radius 3 is 2.68 bits per heavy atom. The van der Waals surface area contributed by atoms with E-state index in [2.05, 4.69) is 20.3 Å². The minimum Gasteiger partial charge on any atom is -0.348 e. The van der Waals surface area contributed by atoms with Crippen LogP contribution >= 0.6 is 0 Å². The smallest absolute Gasteiger partial charge is 0.251 e. The second-order valence-corrected chi connectivity index (χ2v) is 6.21. The zero-order valence-electron chi connectivity index (χ0n) is 13.2. The lowest BCUT2D eigenvalue weighted by molar-refractivity contribution is -0.129. The van der Waals surface area contributed by atoms with Gasteiger partial charge in [0.1, 0.15) is 5.82 Å². The second kappa shape index (κ2) is 6.09. The van der Waals surface area contributed by atoms with E-state index in [0.717, 1.165) is 5.56 Å². The highest BCUT2D eigenvalue weighted by molar-refractivity contribution is 5.81. The maximum atomic E-state index is 12.1. The van der Waals surface area contributed by atoms with Crippen molar-refractivity contribution in [2.75, 3.05) is 0 Å². The molecule has 2 heterocycles. The van der Waals surface area contributed by atoms with Crippen LogP contribution < -0.4 is 10.9 Å². The fourth-order valence-corrected chi connectivity index (χ4v) is 1.82. The van der Waals surface area contributed by atoms with Gasteiger partial charge in [-0.3, -0.25) is 14.6 Å². The van der Waals surface area contributed by atoms with Gasteiger partial charge in [0.2, 0.25) is 5.91 Å². The molecule has 2 aromatic heterocycles. The number of aromatic amines is 1. The van der Waals surface area contributed by atoms with Crippen molar-refractivity contribution in [2.24, 2.45) is 5.41 Å². The molecule has 0 saturated carbocycles. The van der Waals surface area contributed by atoms with Crippen molar-refractivity contribution in [3.63, 3.8) is 0 Å². The Bertz CT molecular complexity index is 717. The Balaban J connectivity index is 2.31. The molecule has 0 radical (unpaired) electrons. The van der Waals surface area contributed by atoms with Gasteiger partial charge in [-0.25, -0.2) is 4.98 Å². The molecule has 6 heteroatoms. The molecule has 0 aliphatic heterocycles. The van der Waals surface area contributed by atoms with E-state index in [1.165, 1.54) is 6.07 Å². The van der Waals surface area contributed by atoms with Crippen LogP contribution in [0.5, 0.6) is 0 Å². The number of hydrogen-bond donors (Lipinski definition) is 2. The fourth-order valence-electron chi connectivity index (χ4n) is 1.82. The molecule has 0 aliphatic carbocycles. The lowest BCUT2D eigenvalue weighted by atomic mass is 9.95. The summed E-state index contributed by atoms with van der Waals surface area (Å²) in [6, 6.07) is 4.62. The van der Waals surface area contributed by atoms with E-state index in [9.17, 15) is 9.59 Å². The van der Waals surface area contributed by atoms with Gasteiger partial charge in [-0.05, 0) is 19.1 Å². The number of carbonyl (C=O) groups is 1. The number of nitrogens with one attached hydrogen (secondary N) is 2. The van der Waals surface area contributed by atoms with E-state index in [4.69, 9.17) is 0 Å². The Labute approximate surface area is 129 Å². The van der Waals surface area contributed by atoms with Crippen LogP contribution in [0, 0.1) is 5.41 Å². The van der Waals surface area contributed by atoms with Gasteiger partial charge >= 0.3 is 0 Å². The minimum atomic E-state index is -0.498. The SMILES string of the molecule is C[C@@H](NC(=O)C(C)(C)C)c1cc(=O)[nH]c(-c2cccnc2)n1. The molecule has 0 aliphatic rings. The molecule has 2 aromatic rings. The quantitative estimate of drug-likeness (QED) is 0.908. The van der Waals surface area contributed by atoms with Crippen LogP contribution in [0.4, 0.5) is 0 Å². The van der Waals surface area contributed by atoms with E-state index in [-0.39, 0.29) is 17.5 Å². The fraction of sp³-hybridized carbons (Fsp3) is 0.375. The summed E-state index contributed by atoms with van der Waals surface area (Å²) in [5, 5.41) is 2.87. The molecule has 116 valence electrons. The minimum absolute atomic E-state index is 0.0926. The zero-order chi connectivity index (χ0) is 16.3. The summed E-state index contributed by atoms with van der Waals surface area (Å²) in [5.41, 5.74) is 0.471.